The summed E-state index contributed by atoms with van der Waals surface area (Å²) in [7, 11) is 4.29. The summed E-state index contributed by atoms with van der Waals surface area (Å²) in [4.78, 5) is 14.3. The van der Waals surface area contributed by atoms with Gasteiger partial charge in [-0.1, -0.05) is 91.9 Å². The minimum Gasteiger partial charge on any atom is -0.378 e. The van der Waals surface area contributed by atoms with Crippen LogP contribution in [-0.4, -0.2) is 59.0 Å². The lowest BCUT2D eigenvalue weighted by Gasteiger charge is -2.20. The molecule has 1 amide bonds. The number of carbonyl (C=O) groups is 1. The van der Waals surface area contributed by atoms with Crippen LogP contribution in [0.5, 0.6) is 0 Å². The topological polar surface area (TPSA) is 52.0 Å². The van der Waals surface area contributed by atoms with Gasteiger partial charge in [0.25, 0.3) is 5.91 Å². The van der Waals surface area contributed by atoms with E-state index in [-0.39, 0.29) is 5.91 Å². The van der Waals surface area contributed by atoms with Crippen molar-refractivity contribution in [3.05, 3.63) is 0 Å². The predicted octanol–water partition coefficient (Wildman–Crippen LogP) is 6.30. The highest BCUT2D eigenvalue weighted by Crippen LogP contribution is 2.35. The van der Waals surface area contributed by atoms with Gasteiger partial charge in [0, 0.05) is 26.2 Å². The van der Waals surface area contributed by atoms with Crippen LogP contribution >= 0.6 is 0 Å². The number of amides is 1. The average molecular weight is 552 g/mol. The van der Waals surface area contributed by atoms with Gasteiger partial charge in [-0.3, -0.25) is 4.79 Å². The summed E-state index contributed by atoms with van der Waals surface area (Å²) >= 11 is 0. The van der Waals surface area contributed by atoms with Gasteiger partial charge in [-0.2, -0.15) is 0 Å². The molecule has 2 rings (SSSR count). The summed E-state index contributed by atoms with van der Waals surface area (Å²) in [6, 6.07) is 0. The summed E-state index contributed by atoms with van der Waals surface area (Å²) in [5, 5.41) is 3.10. The maximum absolute atomic E-state index is 12.9. The molecule has 2 aliphatic rings. The van der Waals surface area contributed by atoms with Crippen molar-refractivity contribution in [2.45, 2.75) is 130 Å². The van der Waals surface area contributed by atoms with Crippen molar-refractivity contribution in [3.63, 3.8) is 0 Å². The molecule has 0 aromatic carbocycles. The van der Waals surface area contributed by atoms with Gasteiger partial charge in [0.2, 0.25) is 0 Å². The molecule has 2 saturated carbocycles. The average Bonchev–Trinajstić information content (AvgIpc) is 3.50. The van der Waals surface area contributed by atoms with E-state index in [9.17, 15) is 4.79 Å². The van der Waals surface area contributed by atoms with E-state index in [4.69, 9.17) is 9.47 Å². The Kier molecular flexibility index (Phi) is 18.0. The highest BCUT2D eigenvalue weighted by Gasteiger charge is 2.23. The highest BCUT2D eigenvalue weighted by atomic mass is 16.5. The Morgan fingerprint density at radius 2 is 1.38 bits per heavy atom. The van der Waals surface area contributed by atoms with E-state index in [1.807, 2.05) is 0 Å². The summed E-state index contributed by atoms with van der Waals surface area (Å²) in [5.74, 6) is 5.12. The van der Waals surface area contributed by atoms with Gasteiger partial charge in [-0.15, -0.1) is 0 Å². The van der Waals surface area contributed by atoms with Crippen molar-refractivity contribution in [1.82, 2.24) is 5.32 Å². The van der Waals surface area contributed by atoms with E-state index >= 15 is 0 Å². The first-order chi connectivity index (χ1) is 18.7. The van der Waals surface area contributed by atoms with Crippen LogP contribution in [0.25, 0.3) is 0 Å². The molecule has 7 atom stereocenters. The third kappa shape index (κ3) is 16.4. The Morgan fingerprint density at radius 1 is 0.821 bits per heavy atom. The fraction of sp³-hybridized carbons (Fsp3) is 0.971. The zero-order valence-corrected chi connectivity index (χ0v) is 26.9. The molecular weight excluding hydrogens is 484 g/mol. The lowest BCUT2D eigenvalue weighted by atomic mass is 9.94. The second kappa shape index (κ2) is 20.3. The molecule has 5 heteroatoms. The van der Waals surface area contributed by atoms with Crippen LogP contribution in [-0.2, 0) is 14.3 Å². The van der Waals surface area contributed by atoms with Crippen molar-refractivity contribution >= 4 is 5.91 Å². The van der Waals surface area contributed by atoms with Crippen LogP contribution in [0.1, 0.15) is 124 Å². The number of rotatable bonds is 22. The first-order valence-corrected chi connectivity index (χ1v) is 17.0. The molecule has 2 aliphatic carbocycles. The molecule has 5 nitrogen and oxygen atoms in total. The molecule has 0 aromatic heterocycles. The molecule has 230 valence electrons. The first-order valence-electron chi connectivity index (χ1n) is 17.0. The standard InChI is InChI=1S/C34H66N2O3/c1-27(10-7-12-31-16-14-29(3)24-31)18-22-38-26-33(34(37)35-20-9-21-36(5)6)39-23-19-28(2)11-8-13-32-17-15-30(4)25-32/h27-33H,7-26H2,1-6H3,(H,35,37)/p+1/t27-,28-,29?,30?,31?,32?,33+/m1/s1. The van der Waals surface area contributed by atoms with Crippen molar-refractivity contribution in [1.29, 1.82) is 0 Å². The van der Waals surface area contributed by atoms with Gasteiger partial charge < -0.3 is 19.7 Å². The molecule has 2 fully saturated rings. The predicted molar refractivity (Wildman–Crippen MR) is 164 cm³/mol. The van der Waals surface area contributed by atoms with E-state index in [1.54, 1.807) is 0 Å². The number of hydrogen-bond donors (Lipinski definition) is 2. The van der Waals surface area contributed by atoms with Crippen LogP contribution < -0.4 is 10.2 Å². The largest absolute Gasteiger partial charge is 0.378 e. The number of ether oxygens (including phenoxy) is 2. The zero-order valence-electron chi connectivity index (χ0n) is 26.9. The van der Waals surface area contributed by atoms with Crippen molar-refractivity contribution < 1.29 is 19.2 Å². The lowest BCUT2D eigenvalue weighted by Crippen LogP contribution is -3.05. The summed E-state index contributed by atoms with van der Waals surface area (Å²) in [5.41, 5.74) is 0. The van der Waals surface area contributed by atoms with Crippen LogP contribution in [0.3, 0.4) is 0 Å². The molecular formula is C34H67N2O3+. The van der Waals surface area contributed by atoms with Gasteiger partial charge in [0.05, 0.1) is 27.2 Å². The van der Waals surface area contributed by atoms with E-state index in [0.29, 0.717) is 31.6 Å². The maximum Gasteiger partial charge on any atom is 0.251 e. The van der Waals surface area contributed by atoms with E-state index < -0.39 is 6.10 Å². The van der Waals surface area contributed by atoms with Gasteiger partial charge in [0.15, 0.2) is 6.10 Å². The number of hydrogen-bond acceptors (Lipinski definition) is 3. The Balaban J connectivity index is 1.62. The smallest absolute Gasteiger partial charge is 0.251 e. The van der Waals surface area contributed by atoms with E-state index in [2.05, 4.69) is 47.1 Å². The number of nitrogens with one attached hydrogen (secondary N) is 2. The summed E-state index contributed by atoms with van der Waals surface area (Å²) in [6.45, 7) is 13.0. The van der Waals surface area contributed by atoms with Crippen LogP contribution in [0, 0.1) is 35.5 Å². The molecule has 0 radical (unpaired) electrons. The van der Waals surface area contributed by atoms with Crippen LogP contribution in [0.4, 0.5) is 0 Å². The van der Waals surface area contributed by atoms with E-state index in [0.717, 1.165) is 56.1 Å². The van der Waals surface area contributed by atoms with Crippen molar-refractivity contribution in [2.24, 2.45) is 35.5 Å². The molecule has 0 aliphatic heterocycles. The SMILES string of the molecule is CC1CCC(CCC[C@@H](C)CCOC[C@H](OCC[C@H](C)CCCC2CCC(C)C2)C(=O)NCCC[NH+](C)C)C1. The third-order valence-electron chi connectivity index (χ3n) is 9.62. The molecule has 39 heavy (non-hydrogen) atoms. The quantitative estimate of drug-likeness (QED) is 0.155. The second-order valence-electron chi connectivity index (χ2n) is 14.3. The fourth-order valence-electron chi connectivity index (χ4n) is 6.83. The summed E-state index contributed by atoms with van der Waals surface area (Å²) < 4.78 is 12.2. The fourth-order valence-corrected chi connectivity index (χ4v) is 6.83. The minimum atomic E-state index is -0.497. The Hall–Kier alpha value is -0.650. The van der Waals surface area contributed by atoms with Crippen LogP contribution in [0.15, 0.2) is 0 Å². The second-order valence-corrected chi connectivity index (χ2v) is 14.3. The minimum absolute atomic E-state index is 0.00870. The Morgan fingerprint density at radius 3 is 1.90 bits per heavy atom. The molecule has 0 heterocycles. The molecule has 0 aromatic rings. The first kappa shape index (κ1) is 34.6. The molecule has 0 saturated heterocycles. The highest BCUT2D eigenvalue weighted by molar-refractivity contribution is 5.80. The zero-order chi connectivity index (χ0) is 28.5. The molecule has 4 unspecified atom stereocenters. The molecule has 0 spiro atoms. The van der Waals surface area contributed by atoms with Crippen LogP contribution in [0.2, 0.25) is 0 Å². The van der Waals surface area contributed by atoms with Gasteiger partial charge in [0.1, 0.15) is 0 Å². The van der Waals surface area contributed by atoms with Gasteiger partial charge in [-0.05, 0) is 61.2 Å². The van der Waals surface area contributed by atoms with E-state index in [1.165, 1.54) is 81.9 Å². The Bertz CT molecular complexity index is 628. The normalized spacial score (nSPS) is 25.7. The maximum atomic E-state index is 12.9. The number of carbonyl (C=O) groups excluding carboxylic acids is 1. The lowest BCUT2D eigenvalue weighted by molar-refractivity contribution is -0.858. The van der Waals surface area contributed by atoms with Gasteiger partial charge in [-0.25, -0.2) is 0 Å². The summed E-state index contributed by atoms with van der Waals surface area (Å²) in [6.07, 6.45) is 19.2. The Labute approximate surface area is 242 Å². The number of quaternary nitrogens is 1. The third-order valence-corrected chi connectivity index (χ3v) is 9.62. The molecule has 2 N–H and O–H groups in total. The van der Waals surface area contributed by atoms with Gasteiger partial charge >= 0.3 is 0 Å². The van der Waals surface area contributed by atoms with Crippen molar-refractivity contribution in [3.8, 4) is 0 Å². The molecule has 0 bridgehead atoms. The monoisotopic (exact) mass is 552 g/mol. The van der Waals surface area contributed by atoms with Crippen molar-refractivity contribution in [2.75, 3.05) is 47.0 Å².